The van der Waals surface area contributed by atoms with Crippen LogP contribution in [-0.4, -0.2) is 33.0 Å². The van der Waals surface area contributed by atoms with E-state index in [0.29, 0.717) is 24.9 Å². The molecule has 0 aliphatic carbocycles. The summed E-state index contributed by atoms with van der Waals surface area (Å²) in [5, 5.41) is 5.38. The Hall–Kier alpha value is -1.20. The maximum Gasteiger partial charge on any atom is 0.162 e. The monoisotopic (exact) mass is 226 g/mol. The average Bonchev–Trinajstić information content (AvgIpc) is 2.64. The first-order valence-electron chi connectivity index (χ1n) is 4.72. The summed E-state index contributed by atoms with van der Waals surface area (Å²) in [7, 11) is 0. The van der Waals surface area contributed by atoms with Crippen molar-refractivity contribution in [3.8, 4) is 0 Å². The predicted molar refractivity (Wildman–Crippen MR) is 56.8 cm³/mol. The first-order chi connectivity index (χ1) is 7.33. The maximum atomic E-state index is 5.90. The Morgan fingerprint density at radius 2 is 2.33 bits per heavy atom. The molecule has 0 bridgehead atoms. The highest BCUT2D eigenvalue weighted by molar-refractivity contribution is 6.33. The second-order valence-electron chi connectivity index (χ2n) is 2.97. The molecule has 0 fully saturated rings. The van der Waals surface area contributed by atoms with Gasteiger partial charge in [0.05, 0.1) is 24.7 Å². The first-order valence-corrected chi connectivity index (χ1v) is 5.10. The van der Waals surface area contributed by atoms with Crippen LogP contribution in [0.25, 0.3) is 11.0 Å². The van der Waals surface area contributed by atoms with E-state index in [4.69, 9.17) is 16.3 Å². The number of halogens is 1. The lowest BCUT2D eigenvalue weighted by Crippen LogP contribution is -2.07. The van der Waals surface area contributed by atoms with Crippen LogP contribution < -0.4 is 0 Å². The molecular formula is C9H11ClN4O. The smallest absolute Gasteiger partial charge is 0.162 e. The number of hydrogen-bond donors (Lipinski definition) is 0. The van der Waals surface area contributed by atoms with Gasteiger partial charge in [-0.15, -0.1) is 0 Å². The number of rotatable bonds is 4. The molecule has 80 valence electrons. The van der Waals surface area contributed by atoms with E-state index in [0.717, 1.165) is 11.0 Å². The van der Waals surface area contributed by atoms with Crippen molar-refractivity contribution in [1.29, 1.82) is 0 Å². The van der Waals surface area contributed by atoms with Gasteiger partial charge in [-0.25, -0.2) is 14.6 Å². The van der Waals surface area contributed by atoms with Crippen LogP contribution in [0.5, 0.6) is 0 Å². The maximum absolute atomic E-state index is 5.90. The molecule has 2 heterocycles. The highest BCUT2D eigenvalue weighted by atomic mass is 35.5. The van der Waals surface area contributed by atoms with Crippen LogP contribution in [0.1, 0.15) is 6.92 Å². The van der Waals surface area contributed by atoms with Crippen LogP contribution in [0, 0.1) is 0 Å². The molecule has 0 aliphatic heterocycles. The van der Waals surface area contributed by atoms with Crippen molar-refractivity contribution >= 4 is 22.6 Å². The third kappa shape index (κ3) is 2.08. The van der Waals surface area contributed by atoms with Crippen LogP contribution in [0.3, 0.4) is 0 Å². The number of hydrogen-bond acceptors (Lipinski definition) is 4. The average molecular weight is 227 g/mol. The molecule has 0 atom stereocenters. The van der Waals surface area contributed by atoms with Crippen molar-refractivity contribution in [1.82, 2.24) is 19.7 Å². The summed E-state index contributed by atoms with van der Waals surface area (Å²) < 4.78 is 7.01. The minimum absolute atomic E-state index is 0.433. The second kappa shape index (κ2) is 4.55. The van der Waals surface area contributed by atoms with Crippen molar-refractivity contribution < 1.29 is 4.74 Å². The summed E-state index contributed by atoms with van der Waals surface area (Å²) >= 11 is 5.90. The lowest BCUT2D eigenvalue weighted by molar-refractivity contribution is 0.137. The zero-order valence-electron chi connectivity index (χ0n) is 8.35. The van der Waals surface area contributed by atoms with Gasteiger partial charge < -0.3 is 4.74 Å². The molecule has 0 spiro atoms. The van der Waals surface area contributed by atoms with Gasteiger partial charge in [-0.2, -0.15) is 5.10 Å². The normalized spacial score (nSPS) is 11.1. The quantitative estimate of drug-likeness (QED) is 0.586. The Morgan fingerprint density at radius 3 is 3.13 bits per heavy atom. The van der Waals surface area contributed by atoms with Crippen LogP contribution in [0.2, 0.25) is 5.15 Å². The fourth-order valence-electron chi connectivity index (χ4n) is 1.32. The number of fused-ring (bicyclic) bond motifs is 1. The molecule has 2 rings (SSSR count). The topological polar surface area (TPSA) is 52.8 Å². The Balaban J connectivity index is 2.25. The molecule has 0 saturated carbocycles. The summed E-state index contributed by atoms with van der Waals surface area (Å²) in [4.78, 5) is 8.02. The summed E-state index contributed by atoms with van der Waals surface area (Å²) in [6.45, 7) is 3.95. The fraction of sp³-hybridized carbons (Fsp3) is 0.444. The minimum atomic E-state index is 0.433. The minimum Gasteiger partial charge on any atom is -0.380 e. The Labute approximate surface area is 92.0 Å². The van der Waals surface area contributed by atoms with Gasteiger partial charge in [0.25, 0.3) is 0 Å². The fourth-order valence-corrected chi connectivity index (χ4v) is 1.50. The summed E-state index contributed by atoms with van der Waals surface area (Å²) in [5.74, 6) is 0. The van der Waals surface area contributed by atoms with Crippen LogP contribution in [0.15, 0.2) is 12.5 Å². The van der Waals surface area contributed by atoms with E-state index in [-0.39, 0.29) is 0 Å². The molecule has 2 aromatic heterocycles. The zero-order chi connectivity index (χ0) is 10.7. The van der Waals surface area contributed by atoms with E-state index < -0.39 is 0 Å². The molecule has 2 aromatic rings. The van der Waals surface area contributed by atoms with E-state index in [9.17, 15) is 0 Å². The Morgan fingerprint density at radius 1 is 1.47 bits per heavy atom. The Kier molecular flexibility index (Phi) is 3.13. The third-order valence-electron chi connectivity index (χ3n) is 2.04. The van der Waals surface area contributed by atoms with Gasteiger partial charge in [-0.3, -0.25) is 0 Å². The van der Waals surface area contributed by atoms with Crippen molar-refractivity contribution in [2.45, 2.75) is 13.5 Å². The summed E-state index contributed by atoms with van der Waals surface area (Å²) in [5.41, 5.74) is 0.745. The second-order valence-corrected chi connectivity index (χ2v) is 3.32. The van der Waals surface area contributed by atoms with Gasteiger partial charge >= 0.3 is 0 Å². The van der Waals surface area contributed by atoms with Gasteiger partial charge in [0, 0.05) is 6.61 Å². The Bertz CT molecular complexity index is 456. The predicted octanol–water partition coefficient (Wildman–Crippen LogP) is 1.52. The molecule has 15 heavy (non-hydrogen) atoms. The van der Waals surface area contributed by atoms with Gasteiger partial charge in [0.1, 0.15) is 11.5 Å². The first kappa shape index (κ1) is 10.3. The van der Waals surface area contributed by atoms with Gasteiger partial charge in [0.2, 0.25) is 0 Å². The molecule has 6 heteroatoms. The lowest BCUT2D eigenvalue weighted by atomic mass is 10.4. The number of aromatic nitrogens is 4. The number of ether oxygens (including phenoxy) is 1. The standard InChI is InChI=1S/C9H11ClN4O/c1-2-15-4-3-14-9-7(5-13-14)8(10)11-6-12-9/h5-6H,2-4H2,1H3. The number of nitrogens with zero attached hydrogens (tertiary/aromatic N) is 4. The van der Waals surface area contributed by atoms with Crippen LogP contribution in [-0.2, 0) is 11.3 Å². The van der Waals surface area contributed by atoms with Crippen molar-refractivity contribution in [2.24, 2.45) is 0 Å². The molecule has 0 aliphatic rings. The van der Waals surface area contributed by atoms with E-state index in [1.807, 2.05) is 6.92 Å². The summed E-state index contributed by atoms with van der Waals surface area (Å²) in [6.07, 6.45) is 3.10. The van der Waals surface area contributed by atoms with Crippen molar-refractivity contribution in [3.63, 3.8) is 0 Å². The highest BCUT2D eigenvalue weighted by Crippen LogP contribution is 2.17. The largest absolute Gasteiger partial charge is 0.380 e. The van der Waals surface area contributed by atoms with Crippen molar-refractivity contribution in [2.75, 3.05) is 13.2 Å². The molecule has 0 unspecified atom stereocenters. The van der Waals surface area contributed by atoms with E-state index in [1.165, 1.54) is 6.33 Å². The third-order valence-corrected chi connectivity index (χ3v) is 2.34. The molecule has 0 saturated heterocycles. The molecule has 0 aromatic carbocycles. The van der Waals surface area contributed by atoms with E-state index in [1.54, 1.807) is 10.9 Å². The molecule has 0 radical (unpaired) electrons. The van der Waals surface area contributed by atoms with Gasteiger partial charge in [-0.05, 0) is 6.92 Å². The molecule has 0 amide bonds. The van der Waals surface area contributed by atoms with Gasteiger partial charge in [0.15, 0.2) is 5.65 Å². The van der Waals surface area contributed by atoms with Crippen LogP contribution >= 0.6 is 11.6 Å². The zero-order valence-corrected chi connectivity index (χ0v) is 9.11. The van der Waals surface area contributed by atoms with E-state index >= 15 is 0 Å². The summed E-state index contributed by atoms with van der Waals surface area (Å²) in [6, 6.07) is 0. The molecule has 5 nitrogen and oxygen atoms in total. The van der Waals surface area contributed by atoms with Gasteiger partial charge in [-0.1, -0.05) is 11.6 Å². The highest BCUT2D eigenvalue weighted by Gasteiger charge is 2.07. The molecule has 0 N–H and O–H groups in total. The van der Waals surface area contributed by atoms with Crippen LogP contribution in [0.4, 0.5) is 0 Å². The molecular weight excluding hydrogens is 216 g/mol. The SMILES string of the molecule is CCOCCn1ncc2c(Cl)ncnc21. The lowest BCUT2D eigenvalue weighted by Gasteiger charge is -2.02. The van der Waals surface area contributed by atoms with E-state index in [2.05, 4.69) is 15.1 Å². The van der Waals surface area contributed by atoms with Crippen molar-refractivity contribution in [3.05, 3.63) is 17.7 Å².